The molecule has 0 aromatic heterocycles. The lowest BCUT2D eigenvalue weighted by Gasteiger charge is -2.12. The summed E-state index contributed by atoms with van der Waals surface area (Å²) in [7, 11) is 2.34. The van der Waals surface area contributed by atoms with Gasteiger partial charge in [-0.25, -0.2) is 9.59 Å². The van der Waals surface area contributed by atoms with Crippen molar-refractivity contribution in [2.24, 2.45) is 0 Å². The number of carbonyl (C=O) groups is 3. The number of amides is 2. The summed E-state index contributed by atoms with van der Waals surface area (Å²) in [5, 5.41) is 1.83. The van der Waals surface area contributed by atoms with Gasteiger partial charge in [0, 0.05) is 11.6 Å². The van der Waals surface area contributed by atoms with Gasteiger partial charge in [-0.05, 0) is 19.1 Å². The van der Waals surface area contributed by atoms with Crippen LogP contribution in [-0.2, 0) is 19.1 Å². The number of benzene rings is 1. The molecule has 2 amide bonds. The van der Waals surface area contributed by atoms with Crippen molar-refractivity contribution >= 4 is 24.0 Å². The summed E-state index contributed by atoms with van der Waals surface area (Å²) in [5.74, 6) is -2.04. The molecule has 0 fully saturated rings. The van der Waals surface area contributed by atoms with Crippen LogP contribution in [-0.4, -0.2) is 44.9 Å². The number of para-hydroxylation sites is 1. The summed E-state index contributed by atoms with van der Waals surface area (Å²) < 4.78 is 43.4. The third-order valence-electron chi connectivity index (χ3n) is 2.91. The Morgan fingerprint density at radius 3 is 2.46 bits per heavy atom. The maximum atomic E-state index is 12.5. The molecule has 0 unspecified atom stereocenters. The summed E-state index contributed by atoms with van der Waals surface area (Å²) in [6.07, 6.45) is -0.213. The van der Waals surface area contributed by atoms with Crippen molar-refractivity contribution in [3.05, 3.63) is 29.8 Å². The molecule has 0 spiro atoms. The van der Waals surface area contributed by atoms with Gasteiger partial charge in [-0.2, -0.15) is 8.78 Å². The van der Waals surface area contributed by atoms with Crippen molar-refractivity contribution in [3.63, 3.8) is 0 Å². The standard InChI is InChI=1S/C16H17F2NO7/c1-9(14(21)19-16(22)24-3)25-12(20)8-7-10-5-4-6-11(23-2)13(10)26-15(17)18/h4-9,15H,1-3H3,(H,19,21,22)/b8-7+/t9-/m1/s1. The van der Waals surface area contributed by atoms with E-state index in [0.29, 0.717) is 0 Å². The van der Waals surface area contributed by atoms with Crippen LogP contribution in [0.4, 0.5) is 13.6 Å². The van der Waals surface area contributed by atoms with E-state index in [1.165, 1.54) is 32.2 Å². The van der Waals surface area contributed by atoms with Crippen molar-refractivity contribution in [1.82, 2.24) is 5.32 Å². The van der Waals surface area contributed by atoms with E-state index in [2.05, 4.69) is 9.47 Å². The van der Waals surface area contributed by atoms with Gasteiger partial charge in [-0.1, -0.05) is 12.1 Å². The van der Waals surface area contributed by atoms with Crippen LogP contribution < -0.4 is 14.8 Å². The molecule has 0 bridgehead atoms. The van der Waals surface area contributed by atoms with Crippen LogP contribution >= 0.6 is 0 Å². The molecule has 1 aromatic carbocycles. The summed E-state index contributed by atoms with van der Waals surface area (Å²) in [4.78, 5) is 34.2. The Morgan fingerprint density at radius 2 is 1.88 bits per heavy atom. The molecule has 142 valence electrons. The first kappa shape index (κ1) is 20.9. The average molecular weight is 373 g/mol. The number of rotatable bonds is 7. The number of alkyl carbamates (subject to hydrolysis) is 1. The van der Waals surface area contributed by atoms with Crippen LogP contribution in [0.15, 0.2) is 24.3 Å². The molecule has 1 aromatic rings. The minimum Gasteiger partial charge on any atom is -0.493 e. The number of hydrogen-bond acceptors (Lipinski definition) is 7. The van der Waals surface area contributed by atoms with Gasteiger partial charge >= 0.3 is 18.7 Å². The smallest absolute Gasteiger partial charge is 0.413 e. The van der Waals surface area contributed by atoms with E-state index in [4.69, 9.17) is 9.47 Å². The van der Waals surface area contributed by atoms with E-state index in [-0.39, 0.29) is 17.1 Å². The van der Waals surface area contributed by atoms with E-state index in [1.54, 1.807) is 0 Å². The predicted molar refractivity (Wildman–Crippen MR) is 84.8 cm³/mol. The molecule has 8 nitrogen and oxygen atoms in total. The second-order valence-corrected chi connectivity index (χ2v) is 4.65. The Balaban J connectivity index is 2.82. The van der Waals surface area contributed by atoms with Crippen LogP contribution in [0, 0.1) is 0 Å². The fourth-order valence-electron chi connectivity index (χ4n) is 1.72. The minimum absolute atomic E-state index is 0.0478. The molecule has 10 heteroatoms. The number of alkyl halides is 2. The lowest BCUT2D eigenvalue weighted by atomic mass is 10.1. The lowest BCUT2D eigenvalue weighted by Crippen LogP contribution is -2.39. The average Bonchev–Trinajstić information content (AvgIpc) is 2.59. The fourth-order valence-corrected chi connectivity index (χ4v) is 1.72. The number of methoxy groups -OCH3 is 2. The van der Waals surface area contributed by atoms with Gasteiger partial charge in [0.1, 0.15) is 0 Å². The summed E-state index contributed by atoms with van der Waals surface area (Å²) in [6, 6.07) is 4.33. The SMILES string of the molecule is COC(=O)NC(=O)[C@@H](C)OC(=O)/C=C/c1cccc(OC)c1OC(F)F. The molecule has 1 N–H and O–H groups in total. The predicted octanol–water partition coefficient (Wildman–Crippen LogP) is 2.12. The Morgan fingerprint density at radius 1 is 1.19 bits per heavy atom. The van der Waals surface area contributed by atoms with E-state index < -0.39 is 30.7 Å². The topological polar surface area (TPSA) is 100 Å². The van der Waals surface area contributed by atoms with Crippen molar-refractivity contribution in [2.75, 3.05) is 14.2 Å². The maximum Gasteiger partial charge on any atom is 0.413 e. The van der Waals surface area contributed by atoms with Crippen LogP contribution in [0.3, 0.4) is 0 Å². The Bertz CT molecular complexity index is 691. The van der Waals surface area contributed by atoms with Crippen molar-refractivity contribution in [1.29, 1.82) is 0 Å². The third kappa shape index (κ3) is 6.38. The molecule has 0 heterocycles. The van der Waals surface area contributed by atoms with E-state index in [9.17, 15) is 23.2 Å². The first-order valence-corrected chi connectivity index (χ1v) is 7.17. The molecule has 26 heavy (non-hydrogen) atoms. The summed E-state index contributed by atoms with van der Waals surface area (Å²) in [5.41, 5.74) is 0.133. The normalized spacial score (nSPS) is 11.8. The van der Waals surface area contributed by atoms with Crippen LogP contribution in [0.1, 0.15) is 12.5 Å². The zero-order valence-electron chi connectivity index (χ0n) is 14.2. The highest BCUT2D eigenvalue weighted by molar-refractivity contribution is 5.96. The number of carbonyl (C=O) groups excluding carboxylic acids is 3. The molecule has 0 aliphatic heterocycles. The summed E-state index contributed by atoms with van der Waals surface area (Å²) >= 11 is 0. The highest BCUT2D eigenvalue weighted by Crippen LogP contribution is 2.33. The number of imide groups is 1. The van der Waals surface area contributed by atoms with E-state index in [1.807, 2.05) is 5.32 Å². The first-order chi connectivity index (χ1) is 12.3. The fraction of sp³-hybridized carbons (Fsp3) is 0.312. The van der Waals surface area contributed by atoms with Gasteiger partial charge in [0.2, 0.25) is 0 Å². The number of halogens is 2. The molecule has 0 saturated heterocycles. The van der Waals surface area contributed by atoms with E-state index in [0.717, 1.165) is 19.3 Å². The molecule has 0 aliphatic rings. The second-order valence-electron chi connectivity index (χ2n) is 4.65. The number of hydrogen-bond donors (Lipinski definition) is 1. The van der Waals surface area contributed by atoms with Crippen molar-refractivity contribution in [2.45, 2.75) is 19.6 Å². The molecule has 0 radical (unpaired) electrons. The minimum atomic E-state index is -3.09. The van der Waals surface area contributed by atoms with Gasteiger partial charge in [-0.15, -0.1) is 0 Å². The zero-order valence-corrected chi connectivity index (χ0v) is 14.2. The quantitative estimate of drug-likeness (QED) is 0.577. The lowest BCUT2D eigenvalue weighted by molar-refractivity contribution is -0.149. The van der Waals surface area contributed by atoms with Gasteiger partial charge in [0.05, 0.1) is 14.2 Å². The summed E-state index contributed by atoms with van der Waals surface area (Å²) in [6.45, 7) is -1.85. The Labute approximate surface area is 147 Å². The molecule has 1 atom stereocenters. The van der Waals surface area contributed by atoms with Gasteiger partial charge in [-0.3, -0.25) is 10.1 Å². The third-order valence-corrected chi connectivity index (χ3v) is 2.91. The van der Waals surface area contributed by atoms with Gasteiger partial charge in [0.15, 0.2) is 17.6 Å². The molecular formula is C16H17F2NO7. The largest absolute Gasteiger partial charge is 0.493 e. The number of ether oxygens (including phenoxy) is 4. The monoisotopic (exact) mass is 373 g/mol. The highest BCUT2D eigenvalue weighted by atomic mass is 19.3. The first-order valence-electron chi connectivity index (χ1n) is 7.17. The second kappa shape index (κ2) is 9.97. The molecule has 0 aliphatic carbocycles. The van der Waals surface area contributed by atoms with E-state index >= 15 is 0 Å². The van der Waals surface area contributed by atoms with Crippen LogP contribution in [0.5, 0.6) is 11.5 Å². The van der Waals surface area contributed by atoms with Crippen molar-refractivity contribution < 1.29 is 42.1 Å². The Hall–Kier alpha value is -3.17. The molecular weight excluding hydrogens is 356 g/mol. The van der Waals surface area contributed by atoms with Crippen molar-refractivity contribution in [3.8, 4) is 11.5 Å². The molecule has 0 saturated carbocycles. The van der Waals surface area contributed by atoms with Gasteiger partial charge in [0.25, 0.3) is 5.91 Å². The zero-order chi connectivity index (χ0) is 19.7. The Kier molecular flexibility index (Phi) is 8.00. The number of nitrogens with one attached hydrogen (secondary N) is 1. The molecule has 1 rings (SSSR count). The van der Waals surface area contributed by atoms with Gasteiger partial charge < -0.3 is 18.9 Å². The number of esters is 1. The highest BCUT2D eigenvalue weighted by Gasteiger charge is 2.19. The maximum absolute atomic E-state index is 12.5. The van der Waals surface area contributed by atoms with Crippen LogP contribution in [0.25, 0.3) is 6.08 Å². The van der Waals surface area contributed by atoms with Crippen LogP contribution in [0.2, 0.25) is 0 Å².